The van der Waals surface area contributed by atoms with E-state index in [1.54, 1.807) is 12.1 Å². The molecule has 0 bridgehead atoms. The third-order valence-corrected chi connectivity index (χ3v) is 3.20. The molecule has 3 heteroatoms. The normalized spacial score (nSPS) is 10.5. The van der Waals surface area contributed by atoms with Gasteiger partial charge in [-0.1, -0.05) is 12.1 Å². The number of carbonyl (C=O) groups is 1. The fourth-order valence-corrected chi connectivity index (χ4v) is 2.17. The lowest BCUT2D eigenvalue weighted by atomic mass is 10.00. The van der Waals surface area contributed by atoms with Crippen LogP contribution in [0.2, 0.25) is 0 Å². The monoisotopic (exact) mass is 258 g/mol. The second-order valence-electron chi connectivity index (χ2n) is 4.50. The molecule has 0 aliphatic heterocycles. The van der Waals surface area contributed by atoms with Crippen molar-refractivity contribution >= 4 is 5.78 Å². The Kier molecular flexibility index (Phi) is 3.74. The van der Waals surface area contributed by atoms with Gasteiger partial charge in [-0.2, -0.15) is 0 Å². The number of furan rings is 1. The molecule has 0 spiro atoms. The van der Waals surface area contributed by atoms with Gasteiger partial charge < -0.3 is 9.15 Å². The number of carbonyl (C=O) groups excluding carboxylic acids is 1. The summed E-state index contributed by atoms with van der Waals surface area (Å²) in [7, 11) is 0. The van der Waals surface area contributed by atoms with Crippen LogP contribution in [-0.4, -0.2) is 12.4 Å². The van der Waals surface area contributed by atoms with Crippen molar-refractivity contribution in [3.8, 4) is 5.75 Å². The second kappa shape index (κ2) is 5.31. The zero-order valence-electron chi connectivity index (χ0n) is 11.7. The third-order valence-electron chi connectivity index (χ3n) is 3.20. The maximum absolute atomic E-state index is 12.5. The number of ether oxygens (including phenoxy) is 1. The first-order valence-corrected chi connectivity index (χ1v) is 6.38. The van der Waals surface area contributed by atoms with Gasteiger partial charge >= 0.3 is 0 Å². The molecule has 2 aromatic rings. The molecule has 0 N–H and O–H groups in total. The first kappa shape index (κ1) is 13.4. The van der Waals surface area contributed by atoms with Crippen molar-refractivity contribution in [2.45, 2.75) is 27.7 Å². The first-order valence-electron chi connectivity index (χ1n) is 6.38. The highest BCUT2D eigenvalue weighted by molar-refractivity contribution is 6.10. The highest BCUT2D eigenvalue weighted by atomic mass is 16.5. The Bertz CT molecular complexity index is 608. The largest absolute Gasteiger partial charge is 0.494 e. The van der Waals surface area contributed by atoms with Crippen LogP contribution in [0.15, 0.2) is 28.7 Å². The summed E-state index contributed by atoms with van der Waals surface area (Å²) in [6, 6.07) is 7.25. The minimum Gasteiger partial charge on any atom is -0.494 e. The molecular weight excluding hydrogens is 240 g/mol. The molecule has 0 unspecified atom stereocenters. The Balaban J connectivity index is 2.41. The molecule has 0 amide bonds. The zero-order chi connectivity index (χ0) is 14.0. The SMILES string of the molecule is CCOc1cccc(C(=O)c2c(C)oc(C)c2C)c1. The highest BCUT2D eigenvalue weighted by Crippen LogP contribution is 2.25. The smallest absolute Gasteiger partial charge is 0.196 e. The molecule has 1 aromatic heterocycles. The molecule has 0 saturated carbocycles. The van der Waals surface area contributed by atoms with Crippen LogP contribution in [0.4, 0.5) is 0 Å². The van der Waals surface area contributed by atoms with Gasteiger partial charge in [-0.05, 0) is 39.8 Å². The van der Waals surface area contributed by atoms with Crippen molar-refractivity contribution in [2.24, 2.45) is 0 Å². The van der Waals surface area contributed by atoms with E-state index in [0.29, 0.717) is 29.2 Å². The molecule has 0 aliphatic rings. The molecule has 3 nitrogen and oxygen atoms in total. The van der Waals surface area contributed by atoms with Gasteiger partial charge in [0.2, 0.25) is 0 Å². The summed E-state index contributed by atoms with van der Waals surface area (Å²) in [5.74, 6) is 2.15. The van der Waals surface area contributed by atoms with Crippen LogP contribution in [0, 0.1) is 20.8 Å². The summed E-state index contributed by atoms with van der Waals surface area (Å²) >= 11 is 0. The van der Waals surface area contributed by atoms with Gasteiger partial charge in [-0.15, -0.1) is 0 Å². The first-order chi connectivity index (χ1) is 9.04. The molecule has 0 saturated heterocycles. The van der Waals surface area contributed by atoms with Gasteiger partial charge in [0.1, 0.15) is 17.3 Å². The molecule has 0 atom stereocenters. The third kappa shape index (κ3) is 2.55. The van der Waals surface area contributed by atoms with E-state index in [2.05, 4.69) is 0 Å². The van der Waals surface area contributed by atoms with Crippen molar-refractivity contribution < 1.29 is 13.9 Å². The highest BCUT2D eigenvalue weighted by Gasteiger charge is 2.20. The van der Waals surface area contributed by atoms with Gasteiger partial charge in [0.05, 0.1) is 12.2 Å². The summed E-state index contributed by atoms with van der Waals surface area (Å²) in [5, 5.41) is 0. The molecule has 0 fully saturated rings. The Labute approximate surface area is 113 Å². The second-order valence-corrected chi connectivity index (χ2v) is 4.50. The van der Waals surface area contributed by atoms with E-state index in [4.69, 9.17) is 9.15 Å². The Morgan fingerprint density at radius 3 is 2.53 bits per heavy atom. The number of aryl methyl sites for hydroxylation is 2. The quantitative estimate of drug-likeness (QED) is 0.782. The molecule has 1 heterocycles. The van der Waals surface area contributed by atoms with E-state index in [1.807, 2.05) is 39.8 Å². The number of hydrogen-bond donors (Lipinski definition) is 0. The number of hydrogen-bond acceptors (Lipinski definition) is 3. The summed E-state index contributed by atoms with van der Waals surface area (Å²) in [6.07, 6.45) is 0. The molecule has 0 radical (unpaired) electrons. The van der Waals surface area contributed by atoms with Gasteiger partial charge in [0.15, 0.2) is 5.78 Å². The number of ketones is 1. The van der Waals surface area contributed by atoms with E-state index < -0.39 is 0 Å². The summed E-state index contributed by atoms with van der Waals surface area (Å²) < 4.78 is 10.9. The van der Waals surface area contributed by atoms with E-state index in [-0.39, 0.29) is 5.78 Å². The molecule has 19 heavy (non-hydrogen) atoms. The number of benzene rings is 1. The summed E-state index contributed by atoms with van der Waals surface area (Å²) in [6.45, 7) is 8.10. The van der Waals surface area contributed by atoms with Crippen molar-refractivity contribution in [1.29, 1.82) is 0 Å². The maximum Gasteiger partial charge on any atom is 0.196 e. The predicted octanol–water partition coefficient (Wildman–Crippen LogP) is 3.83. The van der Waals surface area contributed by atoms with Crippen molar-refractivity contribution in [2.75, 3.05) is 6.61 Å². The van der Waals surface area contributed by atoms with Crippen LogP contribution in [0.3, 0.4) is 0 Å². The van der Waals surface area contributed by atoms with E-state index >= 15 is 0 Å². The van der Waals surface area contributed by atoms with E-state index in [1.165, 1.54) is 0 Å². The average Bonchev–Trinajstić information content (AvgIpc) is 2.63. The maximum atomic E-state index is 12.5. The van der Waals surface area contributed by atoms with Gasteiger partial charge in [-0.25, -0.2) is 0 Å². The molecule has 0 aliphatic carbocycles. The van der Waals surface area contributed by atoms with E-state index in [9.17, 15) is 4.79 Å². The van der Waals surface area contributed by atoms with Crippen LogP contribution < -0.4 is 4.74 Å². The Hall–Kier alpha value is -2.03. The average molecular weight is 258 g/mol. The van der Waals surface area contributed by atoms with Gasteiger partial charge in [0, 0.05) is 11.1 Å². The zero-order valence-corrected chi connectivity index (χ0v) is 11.7. The van der Waals surface area contributed by atoms with Gasteiger partial charge in [-0.3, -0.25) is 4.79 Å². The lowest BCUT2D eigenvalue weighted by molar-refractivity contribution is 0.103. The lowest BCUT2D eigenvalue weighted by Gasteiger charge is -2.05. The lowest BCUT2D eigenvalue weighted by Crippen LogP contribution is -2.04. The van der Waals surface area contributed by atoms with Crippen molar-refractivity contribution in [1.82, 2.24) is 0 Å². The van der Waals surface area contributed by atoms with Crippen molar-refractivity contribution in [3.63, 3.8) is 0 Å². The van der Waals surface area contributed by atoms with E-state index in [0.717, 1.165) is 11.3 Å². The van der Waals surface area contributed by atoms with Gasteiger partial charge in [0.25, 0.3) is 0 Å². The minimum absolute atomic E-state index is 0.0200. The Morgan fingerprint density at radius 2 is 1.95 bits per heavy atom. The van der Waals surface area contributed by atoms with Crippen LogP contribution in [0.25, 0.3) is 0 Å². The molecular formula is C16H18O3. The predicted molar refractivity (Wildman–Crippen MR) is 74.0 cm³/mol. The van der Waals surface area contributed by atoms with Crippen LogP contribution in [0.5, 0.6) is 5.75 Å². The van der Waals surface area contributed by atoms with Crippen LogP contribution >= 0.6 is 0 Å². The summed E-state index contributed by atoms with van der Waals surface area (Å²) in [4.78, 5) is 12.5. The molecule has 2 rings (SSSR count). The minimum atomic E-state index is -0.0200. The van der Waals surface area contributed by atoms with Crippen molar-refractivity contribution in [3.05, 3.63) is 52.5 Å². The number of rotatable bonds is 4. The molecule has 1 aromatic carbocycles. The molecule has 100 valence electrons. The topological polar surface area (TPSA) is 39.4 Å². The Morgan fingerprint density at radius 1 is 1.21 bits per heavy atom. The fraction of sp³-hybridized carbons (Fsp3) is 0.312. The van der Waals surface area contributed by atoms with Crippen LogP contribution in [-0.2, 0) is 0 Å². The summed E-state index contributed by atoms with van der Waals surface area (Å²) in [5.41, 5.74) is 2.19. The standard InChI is InChI=1S/C16H18O3/c1-5-18-14-8-6-7-13(9-14)16(17)15-10(2)11(3)19-12(15)4/h6-9H,5H2,1-4H3. The fourth-order valence-electron chi connectivity index (χ4n) is 2.17. The van der Waals surface area contributed by atoms with Crippen LogP contribution in [0.1, 0.15) is 39.9 Å².